The topological polar surface area (TPSA) is 73.0 Å². The standard InChI is InChI=1S/C18H17ClN4O2/c1-11-17(21-22-23(11)13-5-2-4-12(19)10-13)18(24)20-15-6-3-7-16-14(15)8-9-25-16/h2,4-5,8-10,15H,3,6-7H2,1H3,(H,20,24)/t15-/m1/s1. The Morgan fingerprint density at radius 2 is 2.28 bits per heavy atom. The molecule has 4 rings (SSSR count). The molecule has 0 spiro atoms. The highest BCUT2D eigenvalue weighted by molar-refractivity contribution is 6.30. The van der Waals surface area contributed by atoms with Gasteiger partial charge in [-0.1, -0.05) is 22.9 Å². The van der Waals surface area contributed by atoms with Gasteiger partial charge in [0.1, 0.15) is 5.76 Å². The van der Waals surface area contributed by atoms with Crippen molar-refractivity contribution in [3.63, 3.8) is 0 Å². The zero-order valence-electron chi connectivity index (χ0n) is 13.7. The highest BCUT2D eigenvalue weighted by atomic mass is 35.5. The molecular weight excluding hydrogens is 340 g/mol. The molecule has 3 aromatic rings. The van der Waals surface area contributed by atoms with Crippen molar-refractivity contribution in [2.45, 2.75) is 32.2 Å². The number of fused-ring (bicyclic) bond motifs is 1. The van der Waals surface area contributed by atoms with E-state index in [1.54, 1.807) is 23.1 Å². The van der Waals surface area contributed by atoms with E-state index in [-0.39, 0.29) is 11.9 Å². The minimum atomic E-state index is -0.232. The zero-order valence-corrected chi connectivity index (χ0v) is 14.5. The average molecular weight is 357 g/mol. The number of amides is 1. The third-order valence-corrected chi connectivity index (χ3v) is 4.75. The maximum Gasteiger partial charge on any atom is 0.274 e. The van der Waals surface area contributed by atoms with Crippen LogP contribution in [0.5, 0.6) is 0 Å². The van der Waals surface area contributed by atoms with Crippen LogP contribution in [0, 0.1) is 6.92 Å². The number of rotatable bonds is 3. The summed E-state index contributed by atoms with van der Waals surface area (Å²) in [6, 6.07) is 9.15. The smallest absolute Gasteiger partial charge is 0.274 e. The van der Waals surface area contributed by atoms with Crippen molar-refractivity contribution in [3.05, 3.63) is 64.3 Å². The van der Waals surface area contributed by atoms with Crippen molar-refractivity contribution in [1.29, 1.82) is 0 Å². The second-order valence-corrected chi connectivity index (χ2v) is 6.57. The lowest BCUT2D eigenvalue weighted by Gasteiger charge is -2.22. The van der Waals surface area contributed by atoms with E-state index >= 15 is 0 Å². The molecule has 0 aliphatic heterocycles. The van der Waals surface area contributed by atoms with Gasteiger partial charge >= 0.3 is 0 Å². The van der Waals surface area contributed by atoms with Crippen molar-refractivity contribution in [3.8, 4) is 5.69 Å². The van der Waals surface area contributed by atoms with E-state index in [2.05, 4.69) is 15.6 Å². The van der Waals surface area contributed by atoms with E-state index in [1.807, 2.05) is 25.1 Å². The first kappa shape index (κ1) is 15.9. The summed E-state index contributed by atoms with van der Waals surface area (Å²) in [5.41, 5.74) is 2.81. The van der Waals surface area contributed by atoms with Gasteiger partial charge in [0.05, 0.1) is 23.7 Å². The van der Waals surface area contributed by atoms with Crippen LogP contribution in [0.3, 0.4) is 0 Å². The van der Waals surface area contributed by atoms with Crippen LogP contribution >= 0.6 is 11.6 Å². The van der Waals surface area contributed by atoms with Crippen LogP contribution in [-0.2, 0) is 6.42 Å². The van der Waals surface area contributed by atoms with Crippen molar-refractivity contribution in [2.75, 3.05) is 0 Å². The third kappa shape index (κ3) is 2.93. The molecule has 2 aromatic heterocycles. The molecule has 0 bridgehead atoms. The Kier molecular flexibility index (Phi) is 4.05. The van der Waals surface area contributed by atoms with E-state index in [0.717, 1.165) is 36.3 Å². The number of furan rings is 1. The number of carbonyl (C=O) groups is 1. The van der Waals surface area contributed by atoms with Gasteiger partial charge < -0.3 is 9.73 Å². The fourth-order valence-electron chi connectivity index (χ4n) is 3.26. The lowest BCUT2D eigenvalue weighted by molar-refractivity contribution is 0.0926. The number of benzene rings is 1. The zero-order chi connectivity index (χ0) is 17.4. The molecule has 0 saturated heterocycles. The van der Waals surface area contributed by atoms with Crippen molar-refractivity contribution < 1.29 is 9.21 Å². The van der Waals surface area contributed by atoms with Gasteiger partial charge in [0, 0.05) is 17.0 Å². The van der Waals surface area contributed by atoms with E-state index in [1.165, 1.54) is 0 Å². The van der Waals surface area contributed by atoms with E-state index in [0.29, 0.717) is 16.4 Å². The Morgan fingerprint density at radius 1 is 1.40 bits per heavy atom. The number of nitrogens with zero attached hydrogens (tertiary/aromatic N) is 3. The van der Waals surface area contributed by atoms with E-state index in [9.17, 15) is 4.79 Å². The van der Waals surface area contributed by atoms with Crippen molar-refractivity contribution >= 4 is 17.5 Å². The number of aromatic nitrogens is 3. The summed E-state index contributed by atoms with van der Waals surface area (Å²) in [4.78, 5) is 12.7. The predicted molar refractivity (Wildman–Crippen MR) is 93.0 cm³/mol. The van der Waals surface area contributed by atoms with Gasteiger partial charge in [-0.05, 0) is 44.0 Å². The SMILES string of the molecule is Cc1c(C(=O)N[C@@H]2CCCc3occc32)nnn1-c1cccc(Cl)c1. The summed E-state index contributed by atoms with van der Waals surface area (Å²) in [6.45, 7) is 1.82. The molecule has 25 heavy (non-hydrogen) atoms. The fraction of sp³-hybridized carbons (Fsp3) is 0.278. The van der Waals surface area contributed by atoms with Crippen LogP contribution in [0.4, 0.5) is 0 Å². The lowest BCUT2D eigenvalue weighted by Crippen LogP contribution is -2.31. The number of hydrogen-bond donors (Lipinski definition) is 1. The molecule has 2 heterocycles. The second-order valence-electron chi connectivity index (χ2n) is 6.13. The molecular formula is C18H17ClN4O2. The van der Waals surface area contributed by atoms with Crippen LogP contribution in [0.2, 0.25) is 5.02 Å². The van der Waals surface area contributed by atoms with Gasteiger partial charge in [0.25, 0.3) is 5.91 Å². The first-order valence-electron chi connectivity index (χ1n) is 8.19. The monoisotopic (exact) mass is 356 g/mol. The summed E-state index contributed by atoms with van der Waals surface area (Å²) < 4.78 is 7.09. The molecule has 0 fully saturated rings. The Labute approximate surface area is 149 Å². The molecule has 1 aromatic carbocycles. The normalized spacial score (nSPS) is 16.5. The number of aryl methyl sites for hydroxylation is 1. The first-order chi connectivity index (χ1) is 12.1. The van der Waals surface area contributed by atoms with Crippen LogP contribution in [-0.4, -0.2) is 20.9 Å². The molecule has 1 atom stereocenters. The Morgan fingerprint density at radius 3 is 3.12 bits per heavy atom. The molecule has 0 unspecified atom stereocenters. The first-order valence-corrected chi connectivity index (χ1v) is 8.56. The molecule has 1 aliphatic rings. The average Bonchev–Trinajstić information content (AvgIpc) is 3.22. The van der Waals surface area contributed by atoms with Gasteiger partial charge in [0.15, 0.2) is 5.69 Å². The van der Waals surface area contributed by atoms with Crippen LogP contribution in [0.25, 0.3) is 5.69 Å². The molecule has 6 nitrogen and oxygen atoms in total. The molecule has 128 valence electrons. The fourth-order valence-corrected chi connectivity index (χ4v) is 3.44. The largest absolute Gasteiger partial charge is 0.469 e. The molecule has 1 aliphatic carbocycles. The third-order valence-electron chi connectivity index (χ3n) is 4.52. The summed E-state index contributed by atoms with van der Waals surface area (Å²) in [5.74, 6) is 0.723. The second kappa shape index (κ2) is 6.37. The Bertz CT molecular complexity index is 931. The van der Waals surface area contributed by atoms with E-state index in [4.69, 9.17) is 16.0 Å². The summed E-state index contributed by atoms with van der Waals surface area (Å²) in [5, 5.41) is 11.8. The van der Waals surface area contributed by atoms with E-state index < -0.39 is 0 Å². The summed E-state index contributed by atoms with van der Waals surface area (Å²) >= 11 is 6.03. The van der Waals surface area contributed by atoms with Crippen LogP contribution in [0.1, 0.15) is 46.4 Å². The van der Waals surface area contributed by atoms with Crippen LogP contribution < -0.4 is 5.32 Å². The number of halogens is 1. The van der Waals surface area contributed by atoms with Crippen molar-refractivity contribution in [2.24, 2.45) is 0 Å². The Hall–Kier alpha value is -2.60. The Balaban J connectivity index is 1.58. The van der Waals surface area contributed by atoms with Crippen molar-refractivity contribution in [1.82, 2.24) is 20.3 Å². The van der Waals surface area contributed by atoms with Gasteiger partial charge in [-0.3, -0.25) is 4.79 Å². The molecule has 0 saturated carbocycles. The maximum absolute atomic E-state index is 12.7. The molecule has 0 radical (unpaired) electrons. The molecule has 7 heteroatoms. The highest BCUT2D eigenvalue weighted by Gasteiger charge is 2.26. The summed E-state index contributed by atoms with van der Waals surface area (Å²) in [6.07, 6.45) is 4.47. The number of nitrogens with one attached hydrogen (secondary N) is 1. The minimum Gasteiger partial charge on any atom is -0.469 e. The molecule has 1 amide bonds. The van der Waals surface area contributed by atoms with Gasteiger partial charge in [-0.15, -0.1) is 5.10 Å². The predicted octanol–water partition coefficient (Wildman–Crippen LogP) is 3.63. The van der Waals surface area contributed by atoms with Gasteiger partial charge in [-0.2, -0.15) is 0 Å². The van der Waals surface area contributed by atoms with Gasteiger partial charge in [0.2, 0.25) is 0 Å². The number of hydrogen-bond acceptors (Lipinski definition) is 4. The molecule has 1 N–H and O–H groups in total. The number of carbonyl (C=O) groups excluding carboxylic acids is 1. The van der Waals surface area contributed by atoms with Gasteiger partial charge in [-0.25, -0.2) is 4.68 Å². The van der Waals surface area contributed by atoms with Crippen LogP contribution in [0.15, 0.2) is 41.0 Å². The summed E-state index contributed by atoms with van der Waals surface area (Å²) in [7, 11) is 0. The highest BCUT2D eigenvalue weighted by Crippen LogP contribution is 2.30. The quantitative estimate of drug-likeness (QED) is 0.777. The maximum atomic E-state index is 12.7. The minimum absolute atomic E-state index is 0.0503. The lowest BCUT2D eigenvalue weighted by atomic mass is 9.93.